The molecule has 5 heteroatoms. The second-order valence-electron chi connectivity index (χ2n) is 6.03. The summed E-state index contributed by atoms with van der Waals surface area (Å²) in [4.78, 5) is 12.0. The highest BCUT2D eigenvalue weighted by atomic mass is 19.1. The molecule has 1 aliphatic rings. The molecule has 0 bridgehead atoms. The molecule has 0 aromatic heterocycles. The van der Waals surface area contributed by atoms with Crippen molar-refractivity contribution >= 4 is 11.6 Å². The van der Waals surface area contributed by atoms with E-state index in [9.17, 15) is 14.3 Å². The molecule has 0 aliphatic heterocycles. The van der Waals surface area contributed by atoms with Crippen molar-refractivity contribution in [2.24, 2.45) is 0 Å². The number of halogens is 1. The smallest absolute Gasteiger partial charge is 0.262 e. The van der Waals surface area contributed by atoms with Crippen LogP contribution in [0.4, 0.5) is 10.1 Å². The molecule has 3 rings (SSSR count). The number of rotatable bonds is 4. The Hall–Kier alpha value is -2.40. The minimum Gasteiger partial charge on any atom is -0.483 e. The second kappa shape index (κ2) is 7.01. The molecule has 0 radical (unpaired) electrons. The lowest BCUT2D eigenvalue weighted by molar-refractivity contribution is -0.118. The molecule has 2 N–H and O–H groups in total. The molecule has 0 unspecified atom stereocenters. The molecular weight excluding hydrogens is 309 g/mol. The van der Waals surface area contributed by atoms with Crippen molar-refractivity contribution in [3.05, 3.63) is 58.9 Å². The average molecular weight is 329 g/mol. The Morgan fingerprint density at radius 2 is 2.21 bits per heavy atom. The van der Waals surface area contributed by atoms with E-state index in [4.69, 9.17) is 4.74 Å². The van der Waals surface area contributed by atoms with Gasteiger partial charge in [-0.1, -0.05) is 18.2 Å². The summed E-state index contributed by atoms with van der Waals surface area (Å²) in [6.45, 7) is 1.50. The number of benzene rings is 2. The van der Waals surface area contributed by atoms with Crippen molar-refractivity contribution in [1.82, 2.24) is 0 Å². The van der Waals surface area contributed by atoms with E-state index in [2.05, 4.69) is 5.32 Å². The maximum atomic E-state index is 13.5. The third-order valence-corrected chi connectivity index (χ3v) is 4.25. The van der Waals surface area contributed by atoms with Crippen LogP contribution in [0, 0.1) is 12.7 Å². The lowest BCUT2D eigenvalue weighted by atomic mass is 9.89. The fourth-order valence-corrected chi connectivity index (χ4v) is 2.94. The molecule has 0 saturated carbocycles. The Morgan fingerprint density at radius 1 is 1.38 bits per heavy atom. The van der Waals surface area contributed by atoms with Gasteiger partial charge in [0.2, 0.25) is 0 Å². The minimum absolute atomic E-state index is 0.165. The van der Waals surface area contributed by atoms with Crippen LogP contribution in [-0.2, 0) is 11.2 Å². The zero-order chi connectivity index (χ0) is 17.1. The first-order valence-electron chi connectivity index (χ1n) is 8.03. The van der Waals surface area contributed by atoms with Gasteiger partial charge in [-0.2, -0.15) is 0 Å². The number of carbonyl (C=O) groups excluding carboxylic acids is 1. The van der Waals surface area contributed by atoms with Gasteiger partial charge >= 0.3 is 0 Å². The van der Waals surface area contributed by atoms with E-state index in [0.29, 0.717) is 17.0 Å². The standard InChI is InChI=1S/C19H20FNO3/c1-12-8-9-13(10-16(12)20)21-19(23)11-24-18-7-3-4-14-15(18)5-2-6-17(14)22/h3-4,7-10,17,22H,2,5-6,11H2,1H3,(H,21,23)/t17-/m0/s1. The third kappa shape index (κ3) is 3.57. The van der Waals surface area contributed by atoms with E-state index in [-0.39, 0.29) is 18.3 Å². The molecule has 0 saturated heterocycles. The van der Waals surface area contributed by atoms with Gasteiger partial charge in [0.25, 0.3) is 5.91 Å². The van der Waals surface area contributed by atoms with Crippen molar-refractivity contribution in [1.29, 1.82) is 0 Å². The van der Waals surface area contributed by atoms with Gasteiger partial charge in [-0.25, -0.2) is 4.39 Å². The molecule has 126 valence electrons. The molecule has 2 aromatic rings. The predicted octanol–water partition coefficient (Wildman–Crippen LogP) is 3.52. The molecule has 0 fully saturated rings. The van der Waals surface area contributed by atoms with Crippen LogP contribution in [0.25, 0.3) is 0 Å². The summed E-state index contributed by atoms with van der Waals surface area (Å²) in [5.74, 6) is -0.0939. The van der Waals surface area contributed by atoms with Crippen molar-refractivity contribution < 1.29 is 19.0 Å². The van der Waals surface area contributed by atoms with Crippen molar-refractivity contribution in [2.75, 3.05) is 11.9 Å². The van der Waals surface area contributed by atoms with E-state index in [1.165, 1.54) is 6.07 Å². The summed E-state index contributed by atoms with van der Waals surface area (Å²) < 4.78 is 19.1. The second-order valence-corrected chi connectivity index (χ2v) is 6.03. The highest BCUT2D eigenvalue weighted by molar-refractivity contribution is 5.91. The minimum atomic E-state index is -0.471. The average Bonchev–Trinajstić information content (AvgIpc) is 2.57. The largest absolute Gasteiger partial charge is 0.483 e. The van der Waals surface area contributed by atoms with Crippen LogP contribution in [0.3, 0.4) is 0 Å². The first-order chi connectivity index (χ1) is 11.5. The number of fused-ring (bicyclic) bond motifs is 1. The molecule has 2 aromatic carbocycles. The van der Waals surface area contributed by atoms with Crippen molar-refractivity contribution in [2.45, 2.75) is 32.3 Å². The van der Waals surface area contributed by atoms with E-state index >= 15 is 0 Å². The lowest BCUT2D eigenvalue weighted by Gasteiger charge is -2.23. The number of aryl methyl sites for hydroxylation is 1. The molecule has 1 atom stereocenters. The monoisotopic (exact) mass is 329 g/mol. The predicted molar refractivity (Wildman–Crippen MR) is 89.6 cm³/mol. The maximum absolute atomic E-state index is 13.5. The molecular formula is C19H20FNO3. The van der Waals surface area contributed by atoms with E-state index in [1.54, 1.807) is 25.1 Å². The highest BCUT2D eigenvalue weighted by Gasteiger charge is 2.21. The lowest BCUT2D eigenvalue weighted by Crippen LogP contribution is -2.21. The number of aliphatic hydroxyl groups excluding tert-OH is 1. The van der Waals surface area contributed by atoms with Gasteiger partial charge in [0.15, 0.2) is 6.61 Å². The summed E-state index contributed by atoms with van der Waals surface area (Å²) in [7, 11) is 0. The fourth-order valence-electron chi connectivity index (χ4n) is 2.94. The number of nitrogens with one attached hydrogen (secondary N) is 1. The van der Waals surface area contributed by atoms with Crippen molar-refractivity contribution in [3.8, 4) is 5.75 Å². The first-order valence-corrected chi connectivity index (χ1v) is 8.03. The number of ether oxygens (including phenoxy) is 1. The zero-order valence-electron chi connectivity index (χ0n) is 13.5. The Balaban J connectivity index is 1.64. The zero-order valence-corrected chi connectivity index (χ0v) is 13.5. The Morgan fingerprint density at radius 3 is 3.00 bits per heavy atom. The molecule has 4 nitrogen and oxygen atoms in total. The normalized spacial score (nSPS) is 16.4. The summed E-state index contributed by atoms with van der Waals surface area (Å²) in [5.41, 5.74) is 2.76. The number of hydrogen-bond donors (Lipinski definition) is 2. The summed E-state index contributed by atoms with van der Waals surface area (Å²) >= 11 is 0. The fraction of sp³-hybridized carbons (Fsp3) is 0.316. The van der Waals surface area contributed by atoms with E-state index in [1.807, 2.05) is 12.1 Å². The van der Waals surface area contributed by atoms with Gasteiger partial charge in [0.1, 0.15) is 11.6 Å². The molecule has 0 spiro atoms. The van der Waals surface area contributed by atoms with Crippen LogP contribution in [0.2, 0.25) is 0 Å². The van der Waals surface area contributed by atoms with Crippen LogP contribution in [0.15, 0.2) is 36.4 Å². The van der Waals surface area contributed by atoms with Gasteiger partial charge in [0.05, 0.1) is 6.10 Å². The van der Waals surface area contributed by atoms with Crippen LogP contribution in [0.1, 0.15) is 35.6 Å². The van der Waals surface area contributed by atoms with Gasteiger partial charge < -0.3 is 15.2 Å². The van der Waals surface area contributed by atoms with Crippen LogP contribution in [0.5, 0.6) is 5.75 Å². The van der Waals surface area contributed by atoms with Gasteiger partial charge in [-0.15, -0.1) is 0 Å². The van der Waals surface area contributed by atoms with E-state index in [0.717, 1.165) is 30.4 Å². The molecule has 24 heavy (non-hydrogen) atoms. The SMILES string of the molecule is Cc1ccc(NC(=O)COc2cccc3c2CCC[C@@H]3O)cc1F. The van der Waals surface area contributed by atoms with Crippen LogP contribution >= 0.6 is 0 Å². The topological polar surface area (TPSA) is 58.6 Å². The maximum Gasteiger partial charge on any atom is 0.262 e. The van der Waals surface area contributed by atoms with Gasteiger partial charge in [-0.3, -0.25) is 4.79 Å². The Kier molecular flexibility index (Phi) is 4.81. The number of aliphatic hydroxyl groups is 1. The summed E-state index contributed by atoms with van der Waals surface area (Å²) in [6.07, 6.45) is 1.99. The molecule has 1 amide bonds. The Labute approximate surface area is 140 Å². The number of hydrogen-bond acceptors (Lipinski definition) is 3. The van der Waals surface area contributed by atoms with Gasteiger partial charge in [-0.05, 0) is 61.1 Å². The van der Waals surface area contributed by atoms with E-state index < -0.39 is 6.10 Å². The molecule has 0 heterocycles. The number of anilines is 1. The first kappa shape index (κ1) is 16.5. The Bertz CT molecular complexity index is 760. The third-order valence-electron chi connectivity index (χ3n) is 4.25. The van der Waals surface area contributed by atoms with Crippen molar-refractivity contribution in [3.63, 3.8) is 0 Å². The van der Waals surface area contributed by atoms with Crippen LogP contribution in [-0.4, -0.2) is 17.6 Å². The van der Waals surface area contributed by atoms with Gasteiger partial charge in [0, 0.05) is 5.69 Å². The summed E-state index contributed by atoms with van der Waals surface area (Å²) in [5, 5.41) is 12.7. The molecule has 1 aliphatic carbocycles. The number of amides is 1. The quantitative estimate of drug-likeness (QED) is 0.902. The highest BCUT2D eigenvalue weighted by Crippen LogP contribution is 2.35. The van der Waals surface area contributed by atoms with Crippen LogP contribution < -0.4 is 10.1 Å². The number of carbonyl (C=O) groups is 1. The summed E-state index contributed by atoms with van der Waals surface area (Å²) in [6, 6.07) is 10.1.